The first-order chi connectivity index (χ1) is 2.77. The van der Waals surface area contributed by atoms with Crippen LogP contribution < -0.4 is 5.73 Å². The molecule has 0 saturated carbocycles. The topological polar surface area (TPSA) is 60.2 Å². The van der Waals surface area contributed by atoms with E-state index in [0.717, 1.165) is 6.54 Å². The van der Waals surface area contributed by atoms with E-state index >= 15 is 0 Å². The zero-order valence-electron chi connectivity index (χ0n) is 3.13. The lowest BCUT2D eigenvalue weighted by Crippen LogP contribution is -1.96. The lowest BCUT2D eigenvalue weighted by atomic mass is 10.8. The van der Waals surface area contributed by atoms with Crippen molar-refractivity contribution in [3.05, 3.63) is 6.54 Å². The summed E-state index contributed by atoms with van der Waals surface area (Å²) in [6.07, 6.45) is 0. The minimum absolute atomic E-state index is 0.0185. The van der Waals surface area contributed by atoms with Gasteiger partial charge in [0.2, 0.25) is 0 Å². The molecule has 0 heterocycles. The molecule has 0 saturated heterocycles. The molecule has 0 unspecified atom stereocenters. The first-order valence-corrected chi connectivity index (χ1v) is 2.79. The van der Waals surface area contributed by atoms with E-state index in [1.54, 1.807) is 0 Å². The summed E-state index contributed by atoms with van der Waals surface area (Å²) in [5, 5.41) is 0. The second-order valence-corrected chi connectivity index (χ2v) is 1.78. The van der Waals surface area contributed by atoms with Crippen molar-refractivity contribution in [2.75, 3.05) is 5.75 Å². The highest BCUT2D eigenvalue weighted by Crippen LogP contribution is 1.60. The van der Waals surface area contributed by atoms with E-state index in [-0.39, 0.29) is 5.75 Å². The Hall–Kier alpha value is -0.0900. The van der Waals surface area contributed by atoms with Crippen LogP contribution in [-0.4, -0.2) is 14.2 Å². The van der Waals surface area contributed by atoms with E-state index in [1.165, 1.54) is 0 Å². The van der Waals surface area contributed by atoms with E-state index in [2.05, 4.69) is 0 Å². The van der Waals surface area contributed by atoms with E-state index in [4.69, 9.17) is 5.73 Å². The average Bonchev–Trinajstić information content (AvgIpc) is 1.35. The molecule has 0 amide bonds. The molecule has 0 rings (SSSR count). The molecule has 1 radical (unpaired) electrons. The van der Waals surface area contributed by atoms with Crippen LogP contribution in [-0.2, 0) is 10.7 Å². The van der Waals surface area contributed by atoms with Crippen molar-refractivity contribution in [1.82, 2.24) is 0 Å². The molecule has 0 fully saturated rings. The highest BCUT2D eigenvalue weighted by atomic mass is 32.2. The molecular formula is C2H6NO2S. The molecule has 4 heteroatoms. The van der Waals surface area contributed by atoms with Gasteiger partial charge in [0, 0.05) is 6.54 Å². The van der Waals surface area contributed by atoms with Gasteiger partial charge in [0.15, 0.2) is 0 Å². The molecule has 0 aliphatic heterocycles. The molecule has 0 aromatic rings. The molecule has 6 heavy (non-hydrogen) atoms. The van der Waals surface area contributed by atoms with Crippen molar-refractivity contribution in [2.45, 2.75) is 0 Å². The summed E-state index contributed by atoms with van der Waals surface area (Å²) in [5.74, 6) is -0.0185. The smallest absolute Gasteiger partial charge is 0.141 e. The van der Waals surface area contributed by atoms with Crippen molar-refractivity contribution in [2.24, 2.45) is 5.73 Å². The van der Waals surface area contributed by atoms with Crippen molar-refractivity contribution in [3.63, 3.8) is 0 Å². The Labute approximate surface area is 38.1 Å². The van der Waals surface area contributed by atoms with Crippen molar-refractivity contribution >= 4 is 10.7 Å². The normalized spacial score (nSPS) is 9.67. The van der Waals surface area contributed by atoms with Crippen LogP contribution in [0.1, 0.15) is 0 Å². The van der Waals surface area contributed by atoms with E-state index < -0.39 is 10.7 Å². The third-order valence-corrected chi connectivity index (χ3v) is 0.763. The maximum Gasteiger partial charge on any atom is 0.141 e. The van der Waals surface area contributed by atoms with Gasteiger partial charge >= 0.3 is 0 Å². The lowest BCUT2D eigenvalue weighted by Gasteiger charge is -1.73. The maximum absolute atomic E-state index is 9.53. The molecule has 3 nitrogen and oxygen atoms in total. The van der Waals surface area contributed by atoms with Crippen LogP contribution >= 0.6 is 0 Å². The minimum Gasteiger partial charge on any atom is -0.325 e. The molecule has 0 aromatic heterocycles. The van der Waals surface area contributed by atoms with Gasteiger partial charge in [0.25, 0.3) is 0 Å². The zero-order valence-corrected chi connectivity index (χ0v) is 4.02. The monoisotopic (exact) mass is 108 g/mol. The fourth-order valence-electron chi connectivity index (χ4n) is 0.0861. The molecular weight excluding hydrogens is 102 g/mol. The molecule has 0 aliphatic rings. The standard InChI is InChI=1S/C2H6NO2S/c3-1-2-6(4)5/h1,6H,2-3H2. The predicted molar refractivity (Wildman–Crippen MR) is 23.7 cm³/mol. The van der Waals surface area contributed by atoms with Gasteiger partial charge in [0.1, 0.15) is 10.7 Å². The van der Waals surface area contributed by atoms with Crippen LogP contribution in [0, 0.1) is 6.54 Å². The number of thiol groups is 1. The van der Waals surface area contributed by atoms with Crippen LogP contribution in [0.25, 0.3) is 0 Å². The fourth-order valence-corrected chi connectivity index (χ4v) is 0.258. The lowest BCUT2D eigenvalue weighted by molar-refractivity contribution is 0.616. The first-order valence-electron chi connectivity index (χ1n) is 1.42. The van der Waals surface area contributed by atoms with Crippen molar-refractivity contribution in [3.8, 4) is 0 Å². The Morgan fingerprint density at radius 1 is 1.67 bits per heavy atom. The van der Waals surface area contributed by atoms with Gasteiger partial charge in [-0.05, 0) is 0 Å². The van der Waals surface area contributed by atoms with Crippen molar-refractivity contribution in [1.29, 1.82) is 0 Å². The van der Waals surface area contributed by atoms with E-state index in [9.17, 15) is 8.42 Å². The Morgan fingerprint density at radius 2 is 2.17 bits per heavy atom. The highest BCUT2D eigenvalue weighted by molar-refractivity contribution is 7.72. The van der Waals surface area contributed by atoms with Gasteiger partial charge in [0.05, 0.1) is 5.75 Å². The van der Waals surface area contributed by atoms with Gasteiger partial charge in [-0.25, -0.2) is 8.42 Å². The first kappa shape index (κ1) is 5.91. The Bertz CT molecular complexity index is 79.5. The third kappa shape index (κ3) is 3.91. The summed E-state index contributed by atoms with van der Waals surface area (Å²) >= 11 is 0. The molecule has 0 aliphatic carbocycles. The Morgan fingerprint density at radius 3 is 2.17 bits per heavy atom. The van der Waals surface area contributed by atoms with Crippen LogP contribution in [0.5, 0.6) is 0 Å². The van der Waals surface area contributed by atoms with Crippen molar-refractivity contribution < 1.29 is 8.42 Å². The molecule has 0 spiro atoms. The van der Waals surface area contributed by atoms with E-state index in [1.807, 2.05) is 0 Å². The zero-order chi connectivity index (χ0) is 4.99. The summed E-state index contributed by atoms with van der Waals surface area (Å²) in [4.78, 5) is 0. The number of hydrogen-bond donors (Lipinski definition) is 2. The minimum atomic E-state index is -2.28. The van der Waals surface area contributed by atoms with E-state index in [0.29, 0.717) is 0 Å². The molecule has 0 bridgehead atoms. The van der Waals surface area contributed by atoms with Gasteiger partial charge in [-0.2, -0.15) is 0 Å². The van der Waals surface area contributed by atoms with Crippen LogP contribution in [0.3, 0.4) is 0 Å². The predicted octanol–water partition coefficient (Wildman–Crippen LogP) is -1.28. The molecule has 37 valence electrons. The second kappa shape index (κ2) is 3.11. The summed E-state index contributed by atoms with van der Waals surface area (Å²) in [5.41, 5.74) is 4.72. The van der Waals surface area contributed by atoms with Gasteiger partial charge in [-0.3, -0.25) is 0 Å². The third-order valence-electron chi connectivity index (χ3n) is 0.254. The summed E-state index contributed by atoms with van der Waals surface area (Å²) in [6.45, 7) is 1.10. The number of nitrogens with two attached hydrogens (primary N) is 1. The molecule has 0 aromatic carbocycles. The maximum atomic E-state index is 9.53. The highest BCUT2D eigenvalue weighted by Gasteiger charge is 1.76. The molecule has 2 N–H and O–H groups in total. The summed E-state index contributed by atoms with van der Waals surface area (Å²) in [7, 11) is -2.28. The molecule has 0 atom stereocenters. The van der Waals surface area contributed by atoms with Crippen LogP contribution in [0.4, 0.5) is 0 Å². The fraction of sp³-hybridized carbons (Fsp3) is 0.500. The number of rotatable bonds is 2. The van der Waals surface area contributed by atoms with Crippen LogP contribution in [0.15, 0.2) is 0 Å². The SMILES string of the molecule is N[CH]C[SH](=O)=O. The summed E-state index contributed by atoms with van der Waals surface area (Å²) < 4.78 is 19.1. The number of hydrogen-bond acceptors (Lipinski definition) is 3. The largest absolute Gasteiger partial charge is 0.325 e. The van der Waals surface area contributed by atoms with Gasteiger partial charge < -0.3 is 5.73 Å². The Balaban J connectivity index is 3.07. The summed E-state index contributed by atoms with van der Waals surface area (Å²) in [6, 6.07) is 0. The van der Waals surface area contributed by atoms with Crippen LogP contribution in [0.2, 0.25) is 0 Å². The second-order valence-electron chi connectivity index (χ2n) is 0.751. The quantitative estimate of drug-likeness (QED) is 0.433. The Kier molecular flexibility index (Phi) is 3.07. The average molecular weight is 108 g/mol. The van der Waals surface area contributed by atoms with Gasteiger partial charge in [-0.15, -0.1) is 0 Å². The van der Waals surface area contributed by atoms with Gasteiger partial charge in [-0.1, -0.05) is 0 Å².